The van der Waals surface area contributed by atoms with Crippen molar-refractivity contribution >= 4 is 22.8 Å². The first kappa shape index (κ1) is 21.8. The van der Waals surface area contributed by atoms with Gasteiger partial charge in [-0.05, 0) is 59.7 Å². The zero-order valence-corrected chi connectivity index (χ0v) is 18.4. The van der Waals surface area contributed by atoms with Crippen LogP contribution >= 0.6 is 11.6 Å². The Hall–Kier alpha value is -4.04. The summed E-state index contributed by atoms with van der Waals surface area (Å²) in [6, 6.07) is 18.1. The topological polar surface area (TPSA) is 61.8 Å². The van der Waals surface area contributed by atoms with Crippen molar-refractivity contribution in [3.8, 4) is 5.69 Å². The van der Waals surface area contributed by atoms with Crippen LogP contribution in [0.2, 0.25) is 5.02 Å². The highest BCUT2D eigenvalue weighted by atomic mass is 35.5. The minimum Gasteiger partial charge on any atom is -0.320 e. The van der Waals surface area contributed by atoms with Crippen molar-refractivity contribution in [2.24, 2.45) is 0 Å². The Labute approximate surface area is 196 Å². The summed E-state index contributed by atoms with van der Waals surface area (Å²) in [5, 5.41) is 0.495. The summed E-state index contributed by atoms with van der Waals surface area (Å²) >= 11 is 6.02. The molecule has 0 fully saturated rings. The van der Waals surface area contributed by atoms with E-state index in [2.05, 4.69) is 4.98 Å². The SMILES string of the molecule is O=c1c2c(ncn2Cc2ccc(F)cc2)n(-c2ccc(Cl)cc2)c(=O)n1Cc1ccc(F)cc1. The van der Waals surface area contributed by atoms with Gasteiger partial charge in [-0.3, -0.25) is 9.36 Å². The molecule has 170 valence electrons. The van der Waals surface area contributed by atoms with Crippen LogP contribution in [-0.2, 0) is 13.1 Å². The summed E-state index contributed by atoms with van der Waals surface area (Å²) in [6.45, 7) is 0.199. The van der Waals surface area contributed by atoms with Gasteiger partial charge in [-0.1, -0.05) is 35.9 Å². The van der Waals surface area contributed by atoms with E-state index in [1.807, 2.05) is 0 Å². The summed E-state index contributed by atoms with van der Waals surface area (Å²) in [4.78, 5) is 31.4. The van der Waals surface area contributed by atoms with Gasteiger partial charge in [0.1, 0.15) is 11.6 Å². The van der Waals surface area contributed by atoms with E-state index in [4.69, 9.17) is 11.6 Å². The second-order valence-corrected chi connectivity index (χ2v) is 8.22. The summed E-state index contributed by atoms with van der Waals surface area (Å²) in [5.74, 6) is -0.778. The van der Waals surface area contributed by atoms with Gasteiger partial charge in [0.25, 0.3) is 5.56 Å². The Morgan fingerprint density at radius 2 is 1.32 bits per heavy atom. The number of benzene rings is 3. The van der Waals surface area contributed by atoms with E-state index in [0.29, 0.717) is 16.3 Å². The maximum atomic E-state index is 13.5. The molecular formula is C25H17ClF2N4O2. The van der Waals surface area contributed by atoms with E-state index in [9.17, 15) is 18.4 Å². The molecule has 3 aromatic carbocycles. The van der Waals surface area contributed by atoms with Gasteiger partial charge < -0.3 is 4.57 Å². The first-order chi connectivity index (χ1) is 16.4. The third-order valence-electron chi connectivity index (χ3n) is 5.51. The lowest BCUT2D eigenvalue weighted by molar-refractivity contribution is 0.624. The largest absolute Gasteiger partial charge is 0.337 e. The van der Waals surface area contributed by atoms with Crippen molar-refractivity contribution < 1.29 is 8.78 Å². The van der Waals surface area contributed by atoms with E-state index in [0.717, 1.165) is 10.1 Å². The van der Waals surface area contributed by atoms with E-state index in [-0.39, 0.29) is 30.1 Å². The molecule has 0 unspecified atom stereocenters. The number of rotatable bonds is 5. The van der Waals surface area contributed by atoms with Gasteiger partial charge in [0.15, 0.2) is 11.2 Å². The molecule has 0 aliphatic carbocycles. The van der Waals surface area contributed by atoms with E-state index >= 15 is 0 Å². The Balaban J connectivity index is 1.73. The highest BCUT2D eigenvalue weighted by molar-refractivity contribution is 6.30. The Bertz CT molecular complexity index is 1600. The fourth-order valence-corrected chi connectivity index (χ4v) is 3.95. The van der Waals surface area contributed by atoms with Crippen molar-refractivity contribution in [1.82, 2.24) is 18.7 Å². The number of halogens is 3. The molecule has 2 heterocycles. The standard InChI is InChI=1S/C25H17ClF2N4O2/c26-18-5-11-21(12-6-18)32-23-22(30(15-29-23)13-16-1-7-19(27)8-2-16)24(33)31(25(32)34)14-17-3-9-20(28)10-4-17/h1-12,15H,13-14H2. The molecule has 0 saturated heterocycles. The molecule has 0 bridgehead atoms. The molecule has 5 rings (SSSR count). The average Bonchev–Trinajstić information content (AvgIpc) is 3.24. The van der Waals surface area contributed by atoms with Gasteiger partial charge in [0, 0.05) is 11.6 Å². The lowest BCUT2D eigenvalue weighted by Crippen LogP contribution is -2.40. The molecule has 0 atom stereocenters. The van der Waals surface area contributed by atoms with Crippen LogP contribution in [0.25, 0.3) is 16.9 Å². The van der Waals surface area contributed by atoms with Crippen LogP contribution in [0.4, 0.5) is 8.78 Å². The van der Waals surface area contributed by atoms with Gasteiger partial charge in [0.2, 0.25) is 0 Å². The van der Waals surface area contributed by atoms with Crippen LogP contribution in [0.1, 0.15) is 11.1 Å². The smallest absolute Gasteiger partial charge is 0.320 e. The number of imidazole rings is 1. The summed E-state index contributed by atoms with van der Waals surface area (Å²) < 4.78 is 30.8. The highest BCUT2D eigenvalue weighted by Crippen LogP contribution is 2.17. The normalized spacial score (nSPS) is 11.3. The van der Waals surface area contributed by atoms with Crippen molar-refractivity contribution in [3.05, 3.63) is 128 Å². The zero-order valence-electron chi connectivity index (χ0n) is 17.7. The zero-order chi connectivity index (χ0) is 23.8. The number of fused-ring (bicyclic) bond motifs is 1. The van der Waals surface area contributed by atoms with E-state index in [1.165, 1.54) is 47.3 Å². The molecule has 9 heteroatoms. The molecule has 0 spiro atoms. The molecule has 0 aliphatic rings. The third kappa shape index (κ3) is 4.04. The predicted molar refractivity (Wildman–Crippen MR) is 126 cm³/mol. The number of aromatic nitrogens is 4. The van der Waals surface area contributed by atoms with Crippen molar-refractivity contribution in [1.29, 1.82) is 0 Å². The Kier molecular flexibility index (Phi) is 5.59. The molecule has 2 aromatic heterocycles. The highest BCUT2D eigenvalue weighted by Gasteiger charge is 2.19. The lowest BCUT2D eigenvalue weighted by atomic mass is 10.2. The van der Waals surface area contributed by atoms with Crippen LogP contribution in [0.15, 0.2) is 88.7 Å². The van der Waals surface area contributed by atoms with E-state index < -0.39 is 17.1 Å². The lowest BCUT2D eigenvalue weighted by Gasteiger charge is -2.13. The molecule has 0 saturated carbocycles. The Morgan fingerprint density at radius 1 is 0.765 bits per heavy atom. The van der Waals surface area contributed by atoms with Crippen LogP contribution in [-0.4, -0.2) is 18.7 Å². The fraction of sp³-hybridized carbons (Fsp3) is 0.0800. The van der Waals surface area contributed by atoms with Gasteiger partial charge in [-0.25, -0.2) is 23.1 Å². The molecule has 0 amide bonds. The van der Waals surface area contributed by atoms with Gasteiger partial charge >= 0.3 is 5.69 Å². The number of hydrogen-bond donors (Lipinski definition) is 0. The molecule has 5 aromatic rings. The van der Waals surface area contributed by atoms with Crippen LogP contribution in [0.3, 0.4) is 0 Å². The van der Waals surface area contributed by atoms with Crippen molar-refractivity contribution in [2.75, 3.05) is 0 Å². The minimum atomic E-state index is -0.587. The molecule has 34 heavy (non-hydrogen) atoms. The van der Waals surface area contributed by atoms with Crippen LogP contribution in [0, 0.1) is 11.6 Å². The van der Waals surface area contributed by atoms with Gasteiger partial charge in [-0.2, -0.15) is 0 Å². The average molecular weight is 479 g/mol. The monoisotopic (exact) mass is 478 g/mol. The van der Waals surface area contributed by atoms with E-state index in [1.54, 1.807) is 41.0 Å². The molecular weight excluding hydrogens is 462 g/mol. The van der Waals surface area contributed by atoms with Crippen molar-refractivity contribution in [3.63, 3.8) is 0 Å². The minimum absolute atomic E-state index is 0.0524. The summed E-state index contributed by atoms with van der Waals surface area (Å²) in [7, 11) is 0. The molecule has 6 nitrogen and oxygen atoms in total. The summed E-state index contributed by atoms with van der Waals surface area (Å²) in [6.07, 6.45) is 1.48. The summed E-state index contributed by atoms with van der Waals surface area (Å²) in [5.41, 5.74) is 1.11. The second-order valence-electron chi connectivity index (χ2n) is 7.78. The Morgan fingerprint density at radius 3 is 1.91 bits per heavy atom. The van der Waals surface area contributed by atoms with Crippen LogP contribution in [0.5, 0.6) is 0 Å². The first-order valence-electron chi connectivity index (χ1n) is 10.4. The molecule has 0 N–H and O–H groups in total. The second kappa shape index (κ2) is 8.72. The third-order valence-corrected chi connectivity index (χ3v) is 5.76. The molecule has 0 radical (unpaired) electrons. The predicted octanol–water partition coefficient (Wildman–Crippen LogP) is 4.38. The molecule has 0 aliphatic heterocycles. The number of hydrogen-bond acceptors (Lipinski definition) is 3. The van der Waals surface area contributed by atoms with Gasteiger partial charge in [-0.15, -0.1) is 0 Å². The van der Waals surface area contributed by atoms with Gasteiger partial charge in [0.05, 0.1) is 18.6 Å². The maximum Gasteiger partial charge on any atom is 0.337 e. The van der Waals surface area contributed by atoms with Crippen LogP contribution < -0.4 is 11.2 Å². The quantitative estimate of drug-likeness (QED) is 0.377. The van der Waals surface area contributed by atoms with Crippen molar-refractivity contribution in [2.45, 2.75) is 13.1 Å². The first-order valence-corrected chi connectivity index (χ1v) is 10.7. The number of nitrogens with zero attached hydrogens (tertiary/aromatic N) is 4. The fourth-order valence-electron chi connectivity index (χ4n) is 3.82. The maximum absolute atomic E-state index is 13.5.